The van der Waals surface area contributed by atoms with Crippen LogP contribution in [0.2, 0.25) is 0 Å². The summed E-state index contributed by atoms with van der Waals surface area (Å²) in [5.74, 6) is 1.81. The topological polar surface area (TPSA) is 12.5 Å². The predicted molar refractivity (Wildman–Crippen MR) is 121 cm³/mol. The van der Waals surface area contributed by atoms with E-state index in [0.717, 1.165) is 32.1 Å². The molecule has 1 heterocycles. The van der Waals surface area contributed by atoms with Crippen molar-refractivity contribution >= 4 is 11.8 Å². The van der Waals surface area contributed by atoms with Crippen molar-refractivity contribution < 1.29 is 4.74 Å². The highest BCUT2D eigenvalue weighted by Gasteiger charge is 2.14. The summed E-state index contributed by atoms with van der Waals surface area (Å²) in [5.41, 5.74) is 2.99. The minimum atomic E-state index is 0.672. The first-order valence-electron chi connectivity index (χ1n) is 10.9. The monoisotopic (exact) mass is 397 g/mol. The zero-order valence-corrected chi connectivity index (χ0v) is 18.1. The molecule has 0 saturated carbocycles. The lowest BCUT2D eigenvalue weighted by molar-refractivity contribution is 0.0369. The van der Waals surface area contributed by atoms with E-state index in [1.54, 1.807) is 0 Å². The summed E-state index contributed by atoms with van der Waals surface area (Å²) in [7, 11) is 0. The van der Waals surface area contributed by atoms with Crippen LogP contribution in [0, 0.1) is 0 Å². The van der Waals surface area contributed by atoms with E-state index in [0.29, 0.717) is 5.92 Å². The third kappa shape index (κ3) is 7.27. The number of aryl methyl sites for hydroxylation is 1. The minimum Gasteiger partial charge on any atom is -0.379 e. The number of nitrogens with zero attached hydrogens (tertiary/aromatic N) is 1. The molecule has 0 bridgehead atoms. The van der Waals surface area contributed by atoms with Crippen LogP contribution in [-0.4, -0.2) is 43.5 Å². The van der Waals surface area contributed by atoms with Crippen molar-refractivity contribution in [2.75, 3.05) is 38.6 Å². The highest BCUT2D eigenvalue weighted by Crippen LogP contribution is 2.29. The Morgan fingerprint density at radius 3 is 2.36 bits per heavy atom. The molecule has 3 rings (SSSR count). The lowest BCUT2D eigenvalue weighted by Gasteiger charge is -2.27. The Morgan fingerprint density at radius 2 is 1.64 bits per heavy atom. The van der Waals surface area contributed by atoms with Crippen molar-refractivity contribution in [3.8, 4) is 0 Å². The predicted octanol–water partition coefficient (Wildman–Crippen LogP) is 6.02. The molecule has 1 atom stereocenters. The summed E-state index contributed by atoms with van der Waals surface area (Å²) in [4.78, 5) is 3.95. The van der Waals surface area contributed by atoms with Gasteiger partial charge in [0.15, 0.2) is 0 Å². The molecular formula is C25H35NOS. The second-order valence-corrected chi connectivity index (χ2v) is 9.01. The molecule has 0 aromatic heterocycles. The smallest absolute Gasteiger partial charge is 0.0594 e. The van der Waals surface area contributed by atoms with Crippen LogP contribution in [0.3, 0.4) is 0 Å². The van der Waals surface area contributed by atoms with Crippen LogP contribution in [0.25, 0.3) is 0 Å². The van der Waals surface area contributed by atoms with Gasteiger partial charge in [0, 0.05) is 18.0 Å². The van der Waals surface area contributed by atoms with Crippen LogP contribution in [-0.2, 0) is 11.2 Å². The quantitative estimate of drug-likeness (QED) is 0.430. The molecule has 0 spiro atoms. The lowest BCUT2D eigenvalue weighted by Crippen LogP contribution is -2.36. The van der Waals surface area contributed by atoms with Gasteiger partial charge >= 0.3 is 0 Å². The largest absolute Gasteiger partial charge is 0.379 e. The summed E-state index contributed by atoms with van der Waals surface area (Å²) in [6.07, 6.45) is 6.29. The average Bonchev–Trinajstić information content (AvgIpc) is 2.75. The Labute approximate surface area is 175 Å². The minimum absolute atomic E-state index is 0.672. The summed E-state index contributed by atoms with van der Waals surface area (Å²) < 4.78 is 5.48. The molecule has 1 fully saturated rings. The number of rotatable bonds is 11. The molecular weight excluding hydrogens is 362 g/mol. The highest BCUT2D eigenvalue weighted by atomic mass is 32.2. The van der Waals surface area contributed by atoms with Gasteiger partial charge < -0.3 is 4.74 Å². The fourth-order valence-electron chi connectivity index (χ4n) is 4.06. The third-order valence-electron chi connectivity index (χ3n) is 5.65. The molecule has 0 amide bonds. The van der Waals surface area contributed by atoms with Gasteiger partial charge in [0.1, 0.15) is 0 Å². The zero-order chi connectivity index (χ0) is 19.4. The second kappa shape index (κ2) is 12.3. The van der Waals surface area contributed by atoms with Crippen molar-refractivity contribution in [3.63, 3.8) is 0 Å². The summed E-state index contributed by atoms with van der Waals surface area (Å²) in [6.45, 7) is 7.43. The number of hydrogen-bond acceptors (Lipinski definition) is 3. The molecule has 28 heavy (non-hydrogen) atoms. The molecule has 2 aromatic rings. The number of thioether (sulfide) groups is 1. The average molecular weight is 398 g/mol. The maximum Gasteiger partial charge on any atom is 0.0594 e. The Bertz CT molecular complexity index is 652. The third-order valence-corrected chi connectivity index (χ3v) is 6.55. The van der Waals surface area contributed by atoms with Gasteiger partial charge in [-0.2, -0.15) is 0 Å². The molecule has 1 saturated heterocycles. The van der Waals surface area contributed by atoms with E-state index in [1.807, 2.05) is 11.8 Å². The first-order valence-corrected chi connectivity index (χ1v) is 11.9. The number of hydrogen-bond donors (Lipinski definition) is 0. The number of benzene rings is 2. The maximum atomic E-state index is 5.48. The Morgan fingerprint density at radius 1 is 0.929 bits per heavy atom. The lowest BCUT2D eigenvalue weighted by atomic mass is 9.88. The van der Waals surface area contributed by atoms with E-state index in [9.17, 15) is 0 Å². The van der Waals surface area contributed by atoms with Gasteiger partial charge in [-0.25, -0.2) is 0 Å². The van der Waals surface area contributed by atoms with Gasteiger partial charge in [0.25, 0.3) is 0 Å². The van der Waals surface area contributed by atoms with Crippen LogP contribution in [0.4, 0.5) is 0 Å². The van der Waals surface area contributed by atoms with Gasteiger partial charge in [-0.1, -0.05) is 49.4 Å². The first kappa shape index (κ1) is 21.4. The Balaban J connectivity index is 1.54. The molecule has 1 aliphatic heterocycles. The van der Waals surface area contributed by atoms with Crippen LogP contribution in [0.15, 0.2) is 59.5 Å². The normalized spacial score (nSPS) is 16.2. The number of morpholine rings is 1. The first-order chi connectivity index (χ1) is 13.8. The molecule has 2 nitrogen and oxygen atoms in total. The highest BCUT2D eigenvalue weighted by molar-refractivity contribution is 7.99. The second-order valence-electron chi connectivity index (χ2n) is 7.67. The van der Waals surface area contributed by atoms with Crippen molar-refractivity contribution in [3.05, 3.63) is 65.7 Å². The maximum absolute atomic E-state index is 5.48. The van der Waals surface area contributed by atoms with Gasteiger partial charge in [-0.3, -0.25) is 4.90 Å². The van der Waals surface area contributed by atoms with Crippen molar-refractivity contribution in [1.29, 1.82) is 0 Å². The van der Waals surface area contributed by atoms with Crippen LogP contribution >= 0.6 is 11.8 Å². The standard InChI is InChI=1S/C25H35NOS/c1-2-28-25-15-13-24(14-16-25)23(11-6-10-22-8-4-3-5-9-22)12-7-17-26-18-20-27-21-19-26/h3-5,8-9,13-16,23H,2,6-7,10-12,17-21H2,1H3. The summed E-state index contributed by atoms with van der Waals surface area (Å²) in [5, 5.41) is 0. The number of ether oxygens (including phenoxy) is 1. The molecule has 1 aliphatic rings. The fraction of sp³-hybridized carbons (Fsp3) is 0.520. The Hall–Kier alpha value is -1.29. The summed E-state index contributed by atoms with van der Waals surface area (Å²) >= 11 is 1.93. The fourth-order valence-corrected chi connectivity index (χ4v) is 4.73. The molecule has 2 aromatic carbocycles. The van der Waals surface area contributed by atoms with Gasteiger partial charge in [-0.15, -0.1) is 11.8 Å². The molecule has 1 unspecified atom stereocenters. The van der Waals surface area contributed by atoms with E-state index < -0.39 is 0 Å². The van der Waals surface area contributed by atoms with Gasteiger partial charge in [0.05, 0.1) is 13.2 Å². The van der Waals surface area contributed by atoms with Crippen molar-refractivity contribution in [2.24, 2.45) is 0 Å². The molecule has 0 N–H and O–H groups in total. The SMILES string of the molecule is CCSc1ccc(C(CCCc2ccccc2)CCCN2CCOCC2)cc1. The van der Waals surface area contributed by atoms with E-state index in [2.05, 4.69) is 66.4 Å². The summed E-state index contributed by atoms with van der Waals surface area (Å²) in [6, 6.07) is 20.3. The van der Waals surface area contributed by atoms with E-state index >= 15 is 0 Å². The molecule has 0 radical (unpaired) electrons. The van der Waals surface area contributed by atoms with Crippen LogP contribution < -0.4 is 0 Å². The van der Waals surface area contributed by atoms with E-state index in [4.69, 9.17) is 4.74 Å². The van der Waals surface area contributed by atoms with Crippen molar-refractivity contribution in [2.45, 2.75) is 49.8 Å². The molecule has 152 valence electrons. The van der Waals surface area contributed by atoms with Crippen LogP contribution in [0.5, 0.6) is 0 Å². The van der Waals surface area contributed by atoms with Crippen LogP contribution in [0.1, 0.15) is 49.7 Å². The molecule has 3 heteroatoms. The zero-order valence-electron chi connectivity index (χ0n) is 17.3. The van der Waals surface area contributed by atoms with Gasteiger partial charge in [0.2, 0.25) is 0 Å². The van der Waals surface area contributed by atoms with E-state index in [1.165, 1.54) is 54.7 Å². The van der Waals surface area contributed by atoms with Gasteiger partial charge in [-0.05, 0) is 73.6 Å². The van der Waals surface area contributed by atoms with E-state index in [-0.39, 0.29) is 0 Å². The Kier molecular flexibility index (Phi) is 9.42. The van der Waals surface area contributed by atoms with Crippen molar-refractivity contribution in [1.82, 2.24) is 4.90 Å². The molecule has 0 aliphatic carbocycles.